The zero-order valence-corrected chi connectivity index (χ0v) is 24.6. The van der Waals surface area contributed by atoms with E-state index in [0.29, 0.717) is 48.5 Å². The van der Waals surface area contributed by atoms with Crippen LogP contribution in [0, 0.1) is 0 Å². The molecule has 0 amide bonds. The molecule has 1 unspecified atom stereocenters. The number of hydrogen-bond acceptors (Lipinski definition) is 4. The summed E-state index contributed by atoms with van der Waals surface area (Å²) in [6.45, 7) is 5.74. The number of halogens is 8. The van der Waals surface area contributed by atoms with Crippen LogP contribution in [0.4, 0.5) is 26.3 Å². The molecular formula is C23H24Br2F6N2O2S2. The first kappa shape index (κ1) is 30.9. The fourth-order valence-corrected chi connectivity index (χ4v) is 7.62. The fraction of sp³-hybridized carbons (Fsp3) is 0.478. The number of alkyl halides is 6. The smallest absolute Gasteiger partial charge is 0.358 e. The molecule has 14 heteroatoms. The SMILES string of the molecule is CC.O=S(c1ccc(C(F)(F)F)cc1Br)N1CCC2(CC1)OCCN2Sc1ccc(C(F)(F)F)cc1Br. The lowest BCUT2D eigenvalue weighted by Crippen LogP contribution is -2.51. The highest BCUT2D eigenvalue weighted by Crippen LogP contribution is 2.44. The van der Waals surface area contributed by atoms with Gasteiger partial charge in [-0.3, -0.25) is 0 Å². The first-order valence-electron chi connectivity index (χ1n) is 11.3. The van der Waals surface area contributed by atoms with E-state index in [-0.39, 0.29) is 9.37 Å². The summed E-state index contributed by atoms with van der Waals surface area (Å²) < 4.78 is 101. The van der Waals surface area contributed by atoms with Gasteiger partial charge in [-0.2, -0.15) is 26.3 Å². The standard InChI is InChI=1S/C21H18Br2F6N2O2S2.C2H6/c22-15-11-13(20(24,25)26)1-3-17(15)34-31-9-10-33-19(31)5-7-30(8-6-19)35(32)18-4-2-14(12-16(18)23)21(27,28)29;1-2/h1-4,11-12H,5-10H2;1-2H3. The largest absolute Gasteiger partial charge is 0.416 e. The molecule has 0 aromatic heterocycles. The number of hydrogen-bond donors (Lipinski definition) is 0. The fourth-order valence-electron chi connectivity index (χ4n) is 3.95. The van der Waals surface area contributed by atoms with Crippen molar-refractivity contribution in [2.75, 3.05) is 26.2 Å². The molecule has 4 rings (SSSR count). The molecule has 2 fully saturated rings. The van der Waals surface area contributed by atoms with Crippen LogP contribution in [0.15, 0.2) is 55.1 Å². The van der Waals surface area contributed by atoms with Gasteiger partial charge in [0.1, 0.15) is 16.7 Å². The van der Waals surface area contributed by atoms with Crippen molar-refractivity contribution in [3.63, 3.8) is 0 Å². The monoisotopic (exact) mass is 696 g/mol. The van der Waals surface area contributed by atoms with E-state index < -0.39 is 40.2 Å². The summed E-state index contributed by atoms with van der Waals surface area (Å²) in [7, 11) is -1.67. The summed E-state index contributed by atoms with van der Waals surface area (Å²) in [5.41, 5.74) is -2.25. The molecule has 37 heavy (non-hydrogen) atoms. The van der Waals surface area contributed by atoms with E-state index in [4.69, 9.17) is 4.74 Å². The van der Waals surface area contributed by atoms with E-state index in [2.05, 4.69) is 31.9 Å². The lowest BCUT2D eigenvalue weighted by Gasteiger charge is -2.42. The summed E-state index contributed by atoms with van der Waals surface area (Å²) in [6, 6.07) is 6.52. The van der Waals surface area contributed by atoms with Crippen molar-refractivity contribution in [1.29, 1.82) is 0 Å². The molecule has 2 saturated heterocycles. The number of piperidine rings is 1. The molecule has 0 N–H and O–H groups in total. The third kappa shape index (κ3) is 7.12. The van der Waals surface area contributed by atoms with Crippen molar-refractivity contribution in [2.45, 2.75) is 54.6 Å². The highest BCUT2D eigenvalue weighted by molar-refractivity contribution is 9.10. The Morgan fingerprint density at radius 2 is 1.43 bits per heavy atom. The number of benzene rings is 2. The average molecular weight is 698 g/mol. The summed E-state index contributed by atoms with van der Waals surface area (Å²) in [4.78, 5) is 0.865. The minimum atomic E-state index is -4.50. The van der Waals surface area contributed by atoms with Crippen LogP contribution in [-0.2, 0) is 28.1 Å². The molecule has 0 bridgehead atoms. The maximum Gasteiger partial charge on any atom is 0.416 e. The second kappa shape index (κ2) is 12.3. The van der Waals surface area contributed by atoms with Crippen LogP contribution < -0.4 is 0 Å². The Morgan fingerprint density at radius 1 is 0.892 bits per heavy atom. The van der Waals surface area contributed by atoms with Gasteiger partial charge in [-0.15, -0.1) is 0 Å². The second-order valence-electron chi connectivity index (χ2n) is 7.95. The van der Waals surface area contributed by atoms with Gasteiger partial charge in [-0.25, -0.2) is 12.8 Å². The molecule has 1 atom stereocenters. The minimum absolute atomic E-state index is 0.118. The summed E-state index contributed by atoms with van der Waals surface area (Å²) >= 11 is 7.63. The van der Waals surface area contributed by atoms with E-state index in [9.17, 15) is 30.6 Å². The molecule has 1 spiro atoms. The number of rotatable bonds is 4. The minimum Gasteiger partial charge on any atom is -0.358 e. The average Bonchev–Trinajstić information content (AvgIpc) is 3.21. The van der Waals surface area contributed by atoms with Gasteiger partial charge >= 0.3 is 12.4 Å². The Morgan fingerprint density at radius 3 is 1.95 bits per heavy atom. The Hall–Kier alpha value is -0.640. The molecule has 4 nitrogen and oxygen atoms in total. The van der Waals surface area contributed by atoms with Crippen LogP contribution in [0.3, 0.4) is 0 Å². The van der Waals surface area contributed by atoms with Gasteiger partial charge in [0.05, 0.1) is 22.6 Å². The maximum atomic E-state index is 13.1. The van der Waals surface area contributed by atoms with E-state index in [1.165, 1.54) is 24.1 Å². The molecule has 2 aromatic carbocycles. The molecule has 0 radical (unpaired) electrons. The highest BCUT2D eigenvalue weighted by atomic mass is 79.9. The van der Waals surface area contributed by atoms with Crippen LogP contribution in [0.5, 0.6) is 0 Å². The normalized spacial score (nSPS) is 19.5. The molecule has 2 heterocycles. The van der Waals surface area contributed by atoms with Crippen molar-refractivity contribution < 1.29 is 35.3 Å². The quantitative estimate of drug-likeness (QED) is 0.239. The Balaban J connectivity index is 0.00000186. The van der Waals surface area contributed by atoms with Crippen LogP contribution >= 0.6 is 43.8 Å². The molecule has 0 saturated carbocycles. The number of ether oxygens (including phenoxy) is 1. The van der Waals surface area contributed by atoms with Crippen molar-refractivity contribution >= 4 is 54.8 Å². The van der Waals surface area contributed by atoms with Crippen LogP contribution in [0.25, 0.3) is 0 Å². The molecule has 0 aliphatic carbocycles. The number of nitrogens with zero attached hydrogens (tertiary/aromatic N) is 2. The van der Waals surface area contributed by atoms with Crippen LogP contribution in [0.2, 0.25) is 0 Å². The molecular weight excluding hydrogens is 674 g/mol. The van der Waals surface area contributed by atoms with Gasteiger partial charge in [0, 0.05) is 46.3 Å². The Bertz CT molecular complexity index is 1130. The molecule has 206 valence electrons. The van der Waals surface area contributed by atoms with Gasteiger partial charge in [-0.1, -0.05) is 13.8 Å². The zero-order valence-electron chi connectivity index (χ0n) is 19.8. The molecule has 2 aliphatic heterocycles. The topological polar surface area (TPSA) is 32.8 Å². The third-order valence-corrected chi connectivity index (χ3v) is 10.5. The van der Waals surface area contributed by atoms with E-state index in [0.717, 1.165) is 24.3 Å². The van der Waals surface area contributed by atoms with Gasteiger partial charge < -0.3 is 4.74 Å². The van der Waals surface area contributed by atoms with Crippen molar-refractivity contribution in [2.24, 2.45) is 0 Å². The van der Waals surface area contributed by atoms with Gasteiger partial charge in [0.15, 0.2) is 0 Å². The van der Waals surface area contributed by atoms with E-state index in [1.54, 1.807) is 4.31 Å². The lowest BCUT2D eigenvalue weighted by atomic mass is 10.0. The lowest BCUT2D eigenvalue weighted by molar-refractivity contribution is -0.138. The maximum absolute atomic E-state index is 13.1. The highest BCUT2D eigenvalue weighted by Gasteiger charge is 2.46. The summed E-state index contributed by atoms with van der Waals surface area (Å²) in [5, 5.41) is 0. The third-order valence-electron chi connectivity index (χ3n) is 5.77. The van der Waals surface area contributed by atoms with E-state index in [1.807, 2.05) is 18.2 Å². The molecule has 2 aromatic rings. The molecule has 2 aliphatic rings. The van der Waals surface area contributed by atoms with Crippen LogP contribution in [-0.4, -0.2) is 44.8 Å². The van der Waals surface area contributed by atoms with Gasteiger partial charge in [-0.05, 0) is 80.2 Å². The van der Waals surface area contributed by atoms with E-state index >= 15 is 0 Å². The Kier molecular flexibility index (Phi) is 10.2. The first-order chi connectivity index (χ1) is 17.3. The second-order valence-corrected chi connectivity index (χ2v) is 12.2. The Labute approximate surface area is 235 Å². The van der Waals surface area contributed by atoms with Crippen molar-refractivity contribution in [3.8, 4) is 0 Å². The van der Waals surface area contributed by atoms with Gasteiger partial charge in [0.2, 0.25) is 0 Å². The summed E-state index contributed by atoms with van der Waals surface area (Å²) in [6.07, 6.45) is -7.98. The van der Waals surface area contributed by atoms with Crippen molar-refractivity contribution in [1.82, 2.24) is 8.61 Å². The van der Waals surface area contributed by atoms with Crippen LogP contribution in [0.1, 0.15) is 37.8 Å². The van der Waals surface area contributed by atoms with Crippen molar-refractivity contribution in [3.05, 3.63) is 56.5 Å². The first-order valence-corrected chi connectivity index (χ1v) is 14.8. The predicted octanol–water partition coefficient (Wildman–Crippen LogP) is 8.13. The zero-order chi connectivity index (χ0) is 27.6. The predicted molar refractivity (Wildman–Crippen MR) is 138 cm³/mol. The van der Waals surface area contributed by atoms with Gasteiger partial charge in [0.25, 0.3) is 0 Å². The summed E-state index contributed by atoms with van der Waals surface area (Å²) in [5.74, 6) is 0.